The Morgan fingerprint density at radius 1 is 0.964 bits per heavy atom. The van der Waals surface area contributed by atoms with E-state index >= 15 is 0 Å². The molecule has 1 heterocycles. The fourth-order valence-corrected chi connectivity index (χ4v) is 3.08. The number of benzene rings is 2. The number of aromatic amines is 1. The molecule has 0 radical (unpaired) electrons. The van der Waals surface area contributed by atoms with Gasteiger partial charge in [0.2, 0.25) is 0 Å². The highest BCUT2D eigenvalue weighted by Gasteiger charge is 2.20. The number of carbonyl (C=O) groups excluding carboxylic acids is 1. The highest BCUT2D eigenvalue weighted by molar-refractivity contribution is 6.01. The van der Waals surface area contributed by atoms with Crippen LogP contribution in [0, 0.1) is 0 Å². The lowest BCUT2D eigenvalue weighted by Crippen LogP contribution is -2.05. The lowest BCUT2D eigenvalue weighted by molar-refractivity contribution is 0.0595. The number of aromatic nitrogens is 1. The van der Waals surface area contributed by atoms with Crippen molar-refractivity contribution in [3.8, 4) is 33.8 Å². The molecule has 0 aliphatic rings. The van der Waals surface area contributed by atoms with Crippen molar-refractivity contribution in [3.63, 3.8) is 0 Å². The van der Waals surface area contributed by atoms with Crippen molar-refractivity contribution in [1.82, 2.24) is 4.98 Å². The van der Waals surface area contributed by atoms with Crippen molar-refractivity contribution >= 4 is 5.97 Å². The first kappa shape index (κ1) is 19.5. The Bertz CT molecular complexity index is 924. The number of rotatable bonds is 7. The van der Waals surface area contributed by atoms with Crippen molar-refractivity contribution in [2.75, 3.05) is 13.7 Å². The minimum atomic E-state index is -0.408. The van der Waals surface area contributed by atoms with E-state index in [4.69, 9.17) is 14.2 Å². The Labute approximate surface area is 165 Å². The Kier molecular flexibility index (Phi) is 6.04. The van der Waals surface area contributed by atoms with E-state index in [9.17, 15) is 4.79 Å². The normalized spacial score (nSPS) is 10.8. The van der Waals surface area contributed by atoms with Crippen molar-refractivity contribution in [2.24, 2.45) is 0 Å². The molecule has 1 aromatic heterocycles. The summed E-state index contributed by atoms with van der Waals surface area (Å²) in [6.45, 7) is 6.53. The zero-order chi connectivity index (χ0) is 20.1. The molecule has 0 saturated carbocycles. The number of hydrogen-bond donors (Lipinski definition) is 1. The second-order valence-corrected chi connectivity index (χ2v) is 6.59. The van der Waals surface area contributed by atoms with E-state index in [1.54, 1.807) is 0 Å². The fourth-order valence-electron chi connectivity index (χ4n) is 3.08. The molecule has 2 aromatic carbocycles. The molecule has 0 fully saturated rings. The van der Waals surface area contributed by atoms with E-state index < -0.39 is 5.97 Å². The minimum Gasteiger partial charge on any atom is -0.494 e. The average molecular weight is 379 g/mol. The van der Waals surface area contributed by atoms with Crippen molar-refractivity contribution < 1.29 is 19.0 Å². The summed E-state index contributed by atoms with van der Waals surface area (Å²) in [5.74, 6) is 1.19. The maximum Gasteiger partial charge on any atom is 0.355 e. The predicted octanol–water partition coefficient (Wildman–Crippen LogP) is 5.32. The molecule has 3 aromatic rings. The van der Waals surface area contributed by atoms with E-state index in [0.29, 0.717) is 12.3 Å². The Balaban J connectivity index is 2.04. The molecule has 0 saturated heterocycles. The zero-order valence-electron chi connectivity index (χ0n) is 16.6. The van der Waals surface area contributed by atoms with E-state index in [1.165, 1.54) is 7.11 Å². The van der Waals surface area contributed by atoms with Crippen LogP contribution in [0.1, 0.15) is 31.3 Å². The van der Waals surface area contributed by atoms with Crippen LogP contribution in [0.25, 0.3) is 22.3 Å². The summed E-state index contributed by atoms with van der Waals surface area (Å²) in [5.41, 5.74) is 4.02. The number of ether oxygens (including phenoxy) is 3. The van der Waals surface area contributed by atoms with Gasteiger partial charge in [0.25, 0.3) is 0 Å². The minimum absolute atomic E-state index is 0.114. The van der Waals surface area contributed by atoms with E-state index in [1.807, 2.05) is 75.5 Å². The first-order valence-electron chi connectivity index (χ1n) is 9.33. The van der Waals surface area contributed by atoms with Crippen molar-refractivity contribution in [3.05, 3.63) is 60.4 Å². The van der Waals surface area contributed by atoms with Gasteiger partial charge in [-0.1, -0.05) is 24.3 Å². The first-order chi connectivity index (χ1) is 13.5. The van der Waals surface area contributed by atoms with Crippen LogP contribution in [-0.2, 0) is 4.74 Å². The van der Waals surface area contributed by atoms with Gasteiger partial charge in [0.05, 0.1) is 19.8 Å². The summed E-state index contributed by atoms with van der Waals surface area (Å²) in [5, 5.41) is 0. The highest BCUT2D eigenvalue weighted by Crippen LogP contribution is 2.36. The molecule has 0 aliphatic carbocycles. The molecule has 0 amide bonds. The molecule has 0 bridgehead atoms. The summed E-state index contributed by atoms with van der Waals surface area (Å²) in [7, 11) is 1.38. The maximum absolute atomic E-state index is 12.3. The number of methoxy groups -OCH3 is 1. The van der Waals surface area contributed by atoms with E-state index in [2.05, 4.69) is 4.98 Å². The number of esters is 1. The largest absolute Gasteiger partial charge is 0.494 e. The smallest absolute Gasteiger partial charge is 0.355 e. The predicted molar refractivity (Wildman–Crippen MR) is 110 cm³/mol. The third kappa shape index (κ3) is 4.19. The van der Waals surface area contributed by atoms with Gasteiger partial charge in [-0.05, 0) is 56.2 Å². The molecular formula is C23H25NO4. The van der Waals surface area contributed by atoms with Crippen LogP contribution >= 0.6 is 0 Å². The van der Waals surface area contributed by atoms with E-state index in [0.717, 1.165) is 33.8 Å². The molecule has 3 rings (SSSR count). The van der Waals surface area contributed by atoms with Gasteiger partial charge in [-0.15, -0.1) is 0 Å². The fraction of sp³-hybridized carbons (Fsp3) is 0.261. The molecule has 28 heavy (non-hydrogen) atoms. The molecule has 1 N–H and O–H groups in total. The molecule has 0 aliphatic heterocycles. The molecule has 0 atom stereocenters. The quantitative estimate of drug-likeness (QED) is 0.564. The molecule has 146 valence electrons. The molecule has 0 unspecified atom stereocenters. The van der Waals surface area contributed by atoms with Crippen LogP contribution < -0.4 is 9.47 Å². The van der Waals surface area contributed by atoms with Crippen LogP contribution in [0.5, 0.6) is 11.5 Å². The highest BCUT2D eigenvalue weighted by atomic mass is 16.5. The summed E-state index contributed by atoms with van der Waals surface area (Å²) < 4.78 is 16.2. The molecular weight excluding hydrogens is 354 g/mol. The average Bonchev–Trinajstić information content (AvgIpc) is 3.13. The van der Waals surface area contributed by atoms with Gasteiger partial charge in [0.15, 0.2) is 0 Å². The first-order valence-corrected chi connectivity index (χ1v) is 9.33. The number of carbonyl (C=O) groups is 1. The number of hydrogen-bond acceptors (Lipinski definition) is 4. The van der Waals surface area contributed by atoms with Gasteiger partial charge < -0.3 is 19.2 Å². The summed E-state index contributed by atoms with van der Waals surface area (Å²) in [4.78, 5) is 15.4. The van der Waals surface area contributed by atoms with Crippen molar-refractivity contribution in [1.29, 1.82) is 0 Å². The number of nitrogens with one attached hydrogen (secondary N) is 1. The molecule has 0 spiro atoms. The Morgan fingerprint density at radius 2 is 1.57 bits per heavy atom. The number of H-pyrrole nitrogens is 1. The summed E-state index contributed by atoms with van der Waals surface area (Å²) in [6, 6.07) is 15.5. The SMILES string of the molecule is CCOc1ccc(-c2c(-c3ccc(OC(C)C)cc3)c[nH]c2C(=O)OC)cc1. The zero-order valence-corrected chi connectivity index (χ0v) is 16.6. The Hall–Kier alpha value is -3.21. The standard InChI is InChI=1S/C23H25NO4/c1-5-27-18-10-8-17(9-11-18)21-20(14-24-22(21)23(25)26-4)16-6-12-19(13-7-16)28-15(2)3/h6-15,24H,5H2,1-4H3. The van der Waals surface area contributed by atoms with Crippen LogP contribution in [-0.4, -0.2) is 30.8 Å². The monoisotopic (exact) mass is 379 g/mol. The second kappa shape index (κ2) is 8.65. The van der Waals surface area contributed by atoms with Crippen LogP contribution in [0.3, 0.4) is 0 Å². The third-order valence-corrected chi connectivity index (χ3v) is 4.26. The van der Waals surface area contributed by atoms with Gasteiger partial charge in [-0.25, -0.2) is 4.79 Å². The third-order valence-electron chi connectivity index (χ3n) is 4.26. The Morgan fingerprint density at radius 3 is 2.14 bits per heavy atom. The lowest BCUT2D eigenvalue weighted by Gasteiger charge is -2.11. The van der Waals surface area contributed by atoms with Crippen LogP contribution in [0.15, 0.2) is 54.7 Å². The van der Waals surface area contributed by atoms with Gasteiger partial charge in [-0.3, -0.25) is 0 Å². The lowest BCUT2D eigenvalue weighted by atomic mass is 9.96. The van der Waals surface area contributed by atoms with Gasteiger partial charge >= 0.3 is 5.97 Å². The van der Waals surface area contributed by atoms with Gasteiger partial charge in [0, 0.05) is 17.3 Å². The summed E-state index contributed by atoms with van der Waals surface area (Å²) >= 11 is 0. The summed E-state index contributed by atoms with van der Waals surface area (Å²) in [6.07, 6.45) is 1.94. The van der Waals surface area contributed by atoms with Gasteiger partial charge in [0.1, 0.15) is 17.2 Å². The van der Waals surface area contributed by atoms with Crippen molar-refractivity contribution in [2.45, 2.75) is 26.9 Å². The molecule has 5 heteroatoms. The van der Waals surface area contributed by atoms with Gasteiger partial charge in [-0.2, -0.15) is 0 Å². The van der Waals surface area contributed by atoms with E-state index in [-0.39, 0.29) is 6.10 Å². The van der Waals surface area contributed by atoms with Crippen LogP contribution in [0.4, 0.5) is 0 Å². The topological polar surface area (TPSA) is 60.5 Å². The maximum atomic E-state index is 12.3. The van der Waals surface area contributed by atoms with Crippen LogP contribution in [0.2, 0.25) is 0 Å². The molecule has 5 nitrogen and oxygen atoms in total. The second-order valence-electron chi connectivity index (χ2n) is 6.59.